The lowest BCUT2D eigenvalue weighted by molar-refractivity contribution is 0.100. The van der Waals surface area contributed by atoms with Crippen LogP contribution in [-0.2, 0) is 0 Å². The molecule has 0 aliphatic heterocycles. The zero-order chi connectivity index (χ0) is 18.4. The maximum atomic E-state index is 14.0. The summed E-state index contributed by atoms with van der Waals surface area (Å²) >= 11 is 4.42. The summed E-state index contributed by atoms with van der Waals surface area (Å²) in [6.45, 7) is -0.250. The van der Waals surface area contributed by atoms with Crippen LogP contribution in [0.2, 0.25) is 0 Å². The van der Waals surface area contributed by atoms with Gasteiger partial charge < -0.3 is 21.3 Å². The van der Waals surface area contributed by atoms with Crippen molar-refractivity contribution in [2.75, 3.05) is 18.5 Å². The van der Waals surface area contributed by atoms with Crippen molar-refractivity contribution in [1.82, 2.24) is 4.37 Å². The van der Waals surface area contributed by atoms with Gasteiger partial charge in [0, 0.05) is 16.1 Å². The van der Waals surface area contributed by atoms with E-state index in [9.17, 15) is 9.18 Å². The number of primary amides is 1. The molecule has 0 aliphatic rings. The zero-order valence-electron chi connectivity index (χ0n) is 12.9. The summed E-state index contributed by atoms with van der Waals surface area (Å²) in [6.07, 6.45) is 1.69. The SMILES string of the molecule is NC(=O)c1ccc2cnsc2c1Nc1ccc(Br)cc1F.OCCO. The molecule has 0 unspecified atom stereocenters. The van der Waals surface area contributed by atoms with Crippen LogP contribution < -0.4 is 11.1 Å². The fourth-order valence-electron chi connectivity index (χ4n) is 1.99. The number of amides is 1. The van der Waals surface area contributed by atoms with Crippen LogP contribution >= 0.6 is 27.5 Å². The van der Waals surface area contributed by atoms with E-state index >= 15 is 0 Å². The van der Waals surface area contributed by atoms with Gasteiger partial charge in [-0.05, 0) is 35.8 Å². The van der Waals surface area contributed by atoms with Gasteiger partial charge in [0.15, 0.2) is 0 Å². The molecule has 5 N–H and O–H groups in total. The molecule has 0 spiro atoms. The van der Waals surface area contributed by atoms with Gasteiger partial charge in [0.05, 0.1) is 34.9 Å². The van der Waals surface area contributed by atoms with Gasteiger partial charge in [-0.2, -0.15) is 4.37 Å². The monoisotopic (exact) mass is 427 g/mol. The molecular weight excluding hydrogens is 413 g/mol. The predicted octanol–water partition coefficient (Wildman–Crippen LogP) is 3.01. The van der Waals surface area contributed by atoms with Gasteiger partial charge in [-0.25, -0.2) is 4.39 Å². The molecule has 0 radical (unpaired) electrons. The minimum Gasteiger partial charge on any atom is -0.394 e. The summed E-state index contributed by atoms with van der Waals surface area (Å²) in [5.41, 5.74) is 6.44. The van der Waals surface area contributed by atoms with Gasteiger partial charge in [-0.3, -0.25) is 4.79 Å². The third kappa shape index (κ3) is 4.73. The van der Waals surface area contributed by atoms with Crippen LogP contribution in [0.4, 0.5) is 15.8 Å². The molecule has 9 heteroatoms. The highest BCUT2D eigenvalue weighted by atomic mass is 79.9. The topological polar surface area (TPSA) is 108 Å². The molecule has 6 nitrogen and oxygen atoms in total. The lowest BCUT2D eigenvalue weighted by Gasteiger charge is -2.12. The van der Waals surface area contributed by atoms with E-state index in [4.69, 9.17) is 15.9 Å². The molecule has 25 heavy (non-hydrogen) atoms. The fourth-order valence-corrected chi connectivity index (χ4v) is 3.07. The largest absolute Gasteiger partial charge is 0.394 e. The van der Waals surface area contributed by atoms with Crippen molar-refractivity contribution in [3.05, 3.63) is 52.4 Å². The Labute approximate surface area is 155 Å². The zero-order valence-corrected chi connectivity index (χ0v) is 15.3. The van der Waals surface area contributed by atoms with E-state index in [2.05, 4.69) is 25.6 Å². The number of hydrogen-bond donors (Lipinski definition) is 4. The van der Waals surface area contributed by atoms with E-state index in [1.165, 1.54) is 17.6 Å². The number of hydrogen-bond acceptors (Lipinski definition) is 6. The molecule has 0 saturated carbocycles. The molecule has 1 aromatic heterocycles. The first kappa shape index (κ1) is 19.3. The van der Waals surface area contributed by atoms with Crippen LogP contribution in [-0.4, -0.2) is 33.7 Å². The number of nitrogens with two attached hydrogens (primary N) is 1. The highest BCUT2D eigenvalue weighted by Crippen LogP contribution is 2.34. The number of anilines is 2. The summed E-state index contributed by atoms with van der Waals surface area (Å²) in [5, 5.41) is 19.1. The van der Waals surface area contributed by atoms with Crippen LogP contribution in [0.25, 0.3) is 10.1 Å². The number of nitrogens with one attached hydrogen (secondary N) is 1. The number of aromatic nitrogens is 1. The highest BCUT2D eigenvalue weighted by molar-refractivity contribution is 9.10. The van der Waals surface area contributed by atoms with E-state index < -0.39 is 11.7 Å². The Morgan fingerprint density at radius 1 is 1.28 bits per heavy atom. The highest BCUT2D eigenvalue weighted by Gasteiger charge is 2.15. The first-order chi connectivity index (χ1) is 12.0. The van der Waals surface area contributed by atoms with Crippen LogP contribution in [0.5, 0.6) is 0 Å². The lowest BCUT2D eigenvalue weighted by atomic mass is 10.1. The molecule has 2 aromatic carbocycles. The number of halogens is 2. The average Bonchev–Trinajstić information content (AvgIpc) is 3.06. The molecule has 0 aliphatic carbocycles. The minimum absolute atomic E-state index is 0.125. The molecule has 132 valence electrons. The molecule has 1 heterocycles. The number of carbonyl (C=O) groups excluding carboxylic acids is 1. The van der Waals surface area contributed by atoms with Gasteiger partial charge in [-0.1, -0.05) is 22.0 Å². The van der Waals surface area contributed by atoms with E-state index in [1.54, 1.807) is 30.5 Å². The Morgan fingerprint density at radius 2 is 2.00 bits per heavy atom. The second kappa shape index (κ2) is 8.86. The number of carbonyl (C=O) groups is 1. The lowest BCUT2D eigenvalue weighted by Crippen LogP contribution is -2.13. The number of aliphatic hydroxyl groups is 2. The summed E-state index contributed by atoms with van der Waals surface area (Å²) in [5.74, 6) is -1.01. The Hall–Kier alpha value is -2.07. The molecular formula is C16H15BrFN3O3S. The minimum atomic E-state index is -0.578. The first-order valence-electron chi connectivity index (χ1n) is 7.09. The maximum Gasteiger partial charge on any atom is 0.250 e. The molecule has 0 saturated heterocycles. The molecule has 0 atom stereocenters. The number of rotatable bonds is 4. The summed E-state index contributed by atoms with van der Waals surface area (Å²) in [7, 11) is 0. The molecule has 3 rings (SSSR count). The average molecular weight is 428 g/mol. The Bertz CT molecular complexity index is 886. The number of aliphatic hydroxyl groups excluding tert-OH is 2. The molecule has 3 aromatic rings. The van der Waals surface area contributed by atoms with Gasteiger partial charge in [0.2, 0.25) is 0 Å². The number of nitrogens with zero attached hydrogens (tertiary/aromatic N) is 1. The predicted molar refractivity (Wildman–Crippen MR) is 99.7 cm³/mol. The van der Waals surface area contributed by atoms with E-state index in [0.29, 0.717) is 15.7 Å². The second-order valence-electron chi connectivity index (χ2n) is 4.79. The molecule has 0 bridgehead atoms. The van der Waals surface area contributed by atoms with E-state index in [1.807, 2.05) is 0 Å². The second-order valence-corrected chi connectivity index (χ2v) is 6.51. The van der Waals surface area contributed by atoms with Gasteiger partial charge >= 0.3 is 0 Å². The summed E-state index contributed by atoms with van der Waals surface area (Å²) in [6, 6.07) is 8.02. The number of benzene rings is 2. The van der Waals surface area contributed by atoms with Crippen molar-refractivity contribution in [2.24, 2.45) is 5.73 Å². The quantitative estimate of drug-likeness (QED) is 0.511. The molecule has 1 amide bonds. The van der Waals surface area contributed by atoms with Crippen molar-refractivity contribution in [3.8, 4) is 0 Å². The van der Waals surface area contributed by atoms with E-state index in [-0.39, 0.29) is 18.9 Å². The summed E-state index contributed by atoms with van der Waals surface area (Å²) < 4.78 is 19.5. The van der Waals surface area contributed by atoms with Crippen molar-refractivity contribution >= 4 is 54.8 Å². The smallest absolute Gasteiger partial charge is 0.250 e. The third-order valence-electron chi connectivity index (χ3n) is 3.08. The van der Waals surface area contributed by atoms with Crippen LogP contribution in [0.3, 0.4) is 0 Å². The normalized spacial score (nSPS) is 10.2. The maximum absolute atomic E-state index is 14.0. The van der Waals surface area contributed by atoms with Crippen LogP contribution in [0, 0.1) is 5.82 Å². The fraction of sp³-hybridized carbons (Fsp3) is 0.125. The van der Waals surface area contributed by atoms with Crippen molar-refractivity contribution < 1.29 is 19.4 Å². The Balaban J connectivity index is 0.000000511. The molecule has 0 fully saturated rings. The van der Waals surface area contributed by atoms with E-state index in [0.717, 1.165) is 10.1 Å². The standard InChI is InChI=1S/C14H9BrFN3OS.C2H6O2/c15-8-2-4-11(10(16)5-8)19-12-9(14(17)20)3-1-7-6-18-21-13(7)12;3-1-2-4/h1-6,19H,(H2,17,20);3-4H,1-2H2. The summed E-state index contributed by atoms with van der Waals surface area (Å²) in [4.78, 5) is 11.6. The van der Waals surface area contributed by atoms with Crippen molar-refractivity contribution in [1.29, 1.82) is 0 Å². The Morgan fingerprint density at radius 3 is 2.60 bits per heavy atom. The van der Waals surface area contributed by atoms with Gasteiger partial charge in [0.1, 0.15) is 5.82 Å². The van der Waals surface area contributed by atoms with Crippen molar-refractivity contribution in [2.45, 2.75) is 0 Å². The van der Waals surface area contributed by atoms with Crippen LogP contribution in [0.1, 0.15) is 10.4 Å². The Kier molecular flexibility index (Phi) is 6.82. The van der Waals surface area contributed by atoms with Crippen molar-refractivity contribution in [3.63, 3.8) is 0 Å². The first-order valence-corrected chi connectivity index (χ1v) is 8.65. The third-order valence-corrected chi connectivity index (χ3v) is 4.41. The van der Waals surface area contributed by atoms with Crippen LogP contribution in [0.15, 0.2) is 41.0 Å². The van der Waals surface area contributed by atoms with Gasteiger partial charge in [0.25, 0.3) is 5.91 Å². The number of fused-ring (bicyclic) bond motifs is 1. The van der Waals surface area contributed by atoms with Gasteiger partial charge in [-0.15, -0.1) is 0 Å².